The van der Waals surface area contributed by atoms with Gasteiger partial charge in [0.1, 0.15) is 12.6 Å². The molecule has 0 aliphatic heterocycles. The SMILES string of the molecule is CC[C@H](C)NC(=O)[C@@H](Cc1ccccc1)N(Cc1ccc(Cl)cc1Cl)C(=O)CN(c1cccc(Cl)c1)S(C)(=O)=O. The summed E-state index contributed by atoms with van der Waals surface area (Å²) in [6, 6.07) is 19.3. The maximum absolute atomic E-state index is 14.1. The number of hydrogen-bond donors (Lipinski definition) is 1. The molecule has 0 fully saturated rings. The van der Waals surface area contributed by atoms with Gasteiger partial charge in [0.05, 0.1) is 11.9 Å². The van der Waals surface area contributed by atoms with E-state index in [4.69, 9.17) is 34.8 Å². The number of benzene rings is 3. The fourth-order valence-electron chi connectivity index (χ4n) is 4.07. The first-order valence-corrected chi connectivity index (χ1v) is 15.7. The van der Waals surface area contributed by atoms with Crippen LogP contribution in [0.5, 0.6) is 0 Å². The van der Waals surface area contributed by atoms with Crippen molar-refractivity contribution >= 4 is 62.3 Å². The molecule has 0 unspecified atom stereocenters. The Morgan fingerprint density at radius 1 is 0.925 bits per heavy atom. The van der Waals surface area contributed by atoms with Crippen molar-refractivity contribution < 1.29 is 18.0 Å². The third kappa shape index (κ3) is 8.86. The van der Waals surface area contributed by atoms with Crippen LogP contribution in [-0.2, 0) is 32.6 Å². The molecule has 0 saturated heterocycles. The van der Waals surface area contributed by atoms with Gasteiger partial charge in [-0.1, -0.05) is 84.2 Å². The summed E-state index contributed by atoms with van der Waals surface area (Å²) in [6.45, 7) is 3.23. The van der Waals surface area contributed by atoms with Gasteiger partial charge in [-0.25, -0.2) is 8.42 Å². The molecule has 0 heterocycles. The van der Waals surface area contributed by atoms with E-state index < -0.39 is 28.5 Å². The summed E-state index contributed by atoms with van der Waals surface area (Å²) in [4.78, 5) is 29.1. The predicted molar refractivity (Wildman–Crippen MR) is 162 cm³/mol. The van der Waals surface area contributed by atoms with E-state index in [9.17, 15) is 18.0 Å². The van der Waals surface area contributed by atoms with E-state index in [-0.39, 0.29) is 30.6 Å². The lowest BCUT2D eigenvalue weighted by atomic mass is 10.0. The van der Waals surface area contributed by atoms with E-state index in [1.54, 1.807) is 36.4 Å². The molecule has 0 spiro atoms. The molecular formula is C29H32Cl3N3O4S. The van der Waals surface area contributed by atoms with Crippen LogP contribution in [0.1, 0.15) is 31.4 Å². The van der Waals surface area contributed by atoms with Gasteiger partial charge in [-0.3, -0.25) is 13.9 Å². The largest absolute Gasteiger partial charge is 0.352 e. The molecule has 40 heavy (non-hydrogen) atoms. The van der Waals surface area contributed by atoms with Crippen LogP contribution in [-0.4, -0.2) is 50.0 Å². The second kappa shape index (κ2) is 14.2. The molecule has 0 aliphatic carbocycles. The summed E-state index contributed by atoms with van der Waals surface area (Å²) < 4.78 is 26.6. The molecule has 0 aliphatic rings. The summed E-state index contributed by atoms with van der Waals surface area (Å²) >= 11 is 18.7. The molecule has 2 atom stereocenters. The number of carbonyl (C=O) groups excluding carboxylic acids is 2. The predicted octanol–water partition coefficient (Wildman–Crippen LogP) is 5.97. The van der Waals surface area contributed by atoms with E-state index in [0.29, 0.717) is 27.1 Å². The molecule has 214 valence electrons. The van der Waals surface area contributed by atoms with Crippen LogP contribution in [0.15, 0.2) is 72.8 Å². The molecule has 0 saturated carbocycles. The van der Waals surface area contributed by atoms with Gasteiger partial charge < -0.3 is 10.2 Å². The van der Waals surface area contributed by atoms with Crippen molar-refractivity contribution in [3.63, 3.8) is 0 Å². The van der Waals surface area contributed by atoms with Crippen LogP contribution in [0.25, 0.3) is 0 Å². The van der Waals surface area contributed by atoms with Gasteiger partial charge in [0.25, 0.3) is 0 Å². The molecule has 3 rings (SSSR count). The lowest BCUT2D eigenvalue weighted by Crippen LogP contribution is -2.54. The second-order valence-corrected chi connectivity index (χ2v) is 12.7. The Kier molecular flexibility index (Phi) is 11.3. The number of amides is 2. The molecule has 0 aromatic heterocycles. The van der Waals surface area contributed by atoms with E-state index in [1.807, 2.05) is 44.2 Å². The summed E-state index contributed by atoms with van der Waals surface area (Å²) in [5.74, 6) is -0.943. The Balaban J connectivity index is 2.09. The van der Waals surface area contributed by atoms with Crippen molar-refractivity contribution in [1.82, 2.24) is 10.2 Å². The van der Waals surface area contributed by atoms with E-state index in [1.165, 1.54) is 11.0 Å². The van der Waals surface area contributed by atoms with Gasteiger partial charge >= 0.3 is 0 Å². The normalized spacial score (nSPS) is 12.8. The topological polar surface area (TPSA) is 86.8 Å². The number of sulfonamides is 1. The molecular weight excluding hydrogens is 593 g/mol. The fraction of sp³-hybridized carbons (Fsp3) is 0.310. The van der Waals surface area contributed by atoms with Gasteiger partial charge in [0, 0.05) is 34.1 Å². The fourth-order valence-corrected chi connectivity index (χ4v) is 5.57. The summed E-state index contributed by atoms with van der Waals surface area (Å²) in [7, 11) is -3.89. The lowest BCUT2D eigenvalue weighted by Gasteiger charge is -2.34. The highest BCUT2D eigenvalue weighted by Gasteiger charge is 2.33. The summed E-state index contributed by atoms with van der Waals surface area (Å²) in [5, 5.41) is 4.04. The average molecular weight is 625 g/mol. The number of halogens is 3. The molecule has 3 aromatic carbocycles. The van der Waals surface area contributed by atoms with Crippen LogP contribution in [0.4, 0.5) is 5.69 Å². The molecule has 1 N–H and O–H groups in total. The lowest BCUT2D eigenvalue weighted by molar-refractivity contribution is -0.140. The zero-order chi connectivity index (χ0) is 29.4. The number of nitrogens with zero attached hydrogens (tertiary/aromatic N) is 2. The summed E-state index contributed by atoms with van der Waals surface area (Å²) in [5.41, 5.74) is 1.63. The molecule has 11 heteroatoms. The van der Waals surface area contributed by atoms with E-state index >= 15 is 0 Å². The van der Waals surface area contributed by atoms with Crippen LogP contribution >= 0.6 is 34.8 Å². The smallest absolute Gasteiger partial charge is 0.244 e. The molecule has 3 aromatic rings. The van der Waals surface area contributed by atoms with Gasteiger partial charge in [-0.15, -0.1) is 0 Å². The maximum Gasteiger partial charge on any atom is 0.244 e. The Morgan fingerprint density at radius 2 is 1.60 bits per heavy atom. The summed E-state index contributed by atoms with van der Waals surface area (Å²) in [6.07, 6.45) is 1.91. The first-order chi connectivity index (χ1) is 18.9. The number of hydrogen-bond acceptors (Lipinski definition) is 4. The molecule has 0 bridgehead atoms. The minimum Gasteiger partial charge on any atom is -0.352 e. The standard InChI is InChI=1S/C29H32Cl3N3O4S/c1-4-20(2)33-29(37)27(15-21-9-6-5-7-10-21)34(18-22-13-14-24(31)17-26(22)32)28(36)19-35(40(3,38)39)25-12-8-11-23(30)16-25/h5-14,16-17,20,27H,4,15,18-19H2,1-3H3,(H,33,37)/t20-,27+/m0/s1. The maximum atomic E-state index is 14.1. The highest BCUT2D eigenvalue weighted by atomic mass is 35.5. The number of carbonyl (C=O) groups is 2. The van der Waals surface area contributed by atoms with Crippen molar-refractivity contribution in [3.05, 3.63) is 99.0 Å². The number of rotatable bonds is 12. The van der Waals surface area contributed by atoms with Crippen molar-refractivity contribution in [2.75, 3.05) is 17.1 Å². The van der Waals surface area contributed by atoms with Gasteiger partial charge in [-0.2, -0.15) is 0 Å². The Bertz CT molecular complexity index is 1440. The monoisotopic (exact) mass is 623 g/mol. The average Bonchev–Trinajstić information content (AvgIpc) is 2.90. The zero-order valence-electron chi connectivity index (χ0n) is 22.5. The van der Waals surface area contributed by atoms with Crippen molar-refractivity contribution in [2.24, 2.45) is 0 Å². The van der Waals surface area contributed by atoms with Crippen LogP contribution in [0.3, 0.4) is 0 Å². The highest BCUT2D eigenvalue weighted by Crippen LogP contribution is 2.26. The number of nitrogens with one attached hydrogen (secondary N) is 1. The molecule has 7 nitrogen and oxygen atoms in total. The van der Waals surface area contributed by atoms with Crippen LogP contribution in [0, 0.1) is 0 Å². The highest BCUT2D eigenvalue weighted by molar-refractivity contribution is 7.92. The van der Waals surface area contributed by atoms with Gasteiger partial charge in [0.2, 0.25) is 21.8 Å². The van der Waals surface area contributed by atoms with Crippen molar-refractivity contribution in [1.29, 1.82) is 0 Å². The first kappa shape index (κ1) is 31.7. The third-order valence-corrected chi connectivity index (χ3v) is 8.37. The Labute approximate surface area is 251 Å². The van der Waals surface area contributed by atoms with Crippen LogP contribution in [0.2, 0.25) is 15.1 Å². The third-order valence-electron chi connectivity index (χ3n) is 6.40. The number of anilines is 1. The van der Waals surface area contributed by atoms with Gasteiger partial charge in [-0.05, 0) is 54.8 Å². The quantitative estimate of drug-likeness (QED) is 0.269. The minimum absolute atomic E-state index is 0.0482. The Morgan fingerprint density at radius 3 is 2.20 bits per heavy atom. The Hall–Kier alpha value is -2.78. The van der Waals surface area contributed by atoms with Crippen molar-refractivity contribution in [3.8, 4) is 0 Å². The second-order valence-electron chi connectivity index (χ2n) is 9.53. The van der Waals surface area contributed by atoms with Crippen molar-refractivity contribution in [2.45, 2.75) is 45.3 Å². The van der Waals surface area contributed by atoms with E-state index in [0.717, 1.165) is 16.1 Å². The molecule has 2 amide bonds. The minimum atomic E-state index is -3.89. The zero-order valence-corrected chi connectivity index (χ0v) is 25.6. The molecule has 0 radical (unpaired) electrons. The van der Waals surface area contributed by atoms with Crippen LogP contribution < -0.4 is 9.62 Å². The first-order valence-electron chi connectivity index (χ1n) is 12.7. The van der Waals surface area contributed by atoms with Gasteiger partial charge in [0.15, 0.2) is 0 Å². The van der Waals surface area contributed by atoms with E-state index in [2.05, 4.69) is 5.32 Å².